The Morgan fingerprint density at radius 1 is 1.32 bits per heavy atom. The van der Waals surface area contributed by atoms with E-state index in [2.05, 4.69) is 4.99 Å². The molecule has 1 aliphatic rings. The van der Waals surface area contributed by atoms with E-state index in [1.54, 1.807) is 12.0 Å². The van der Waals surface area contributed by atoms with Crippen molar-refractivity contribution in [3.63, 3.8) is 0 Å². The Hall–Kier alpha value is -2.58. The lowest BCUT2D eigenvalue weighted by molar-refractivity contribution is -0.384. The monoisotopic (exact) mass is 419 g/mol. The Morgan fingerprint density at radius 3 is 2.79 bits per heavy atom. The van der Waals surface area contributed by atoms with Crippen LogP contribution < -0.4 is 4.74 Å². The number of methoxy groups -OCH3 is 1. The van der Waals surface area contributed by atoms with Crippen molar-refractivity contribution in [1.29, 1.82) is 0 Å². The van der Waals surface area contributed by atoms with Gasteiger partial charge in [-0.2, -0.15) is 0 Å². The van der Waals surface area contributed by atoms with Crippen molar-refractivity contribution in [2.24, 2.45) is 4.99 Å². The Labute approximate surface area is 171 Å². The SMILES string of the molecule is COc1ccc(C)cc1N=C1SCCCN1C(=O)c1ccc([N+](=O)[O-])cc1Cl. The fraction of sp³-hybridized carbons (Fsp3) is 0.263. The largest absolute Gasteiger partial charge is 0.494 e. The number of amidine groups is 1. The van der Waals surface area contributed by atoms with Crippen LogP contribution in [0.2, 0.25) is 5.02 Å². The summed E-state index contributed by atoms with van der Waals surface area (Å²) >= 11 is 7.62. The van der Waals surface area contributed by atoms with Gasteiger partial charge in [-0.05, 0) is 37.1 Å². The fourth-order valence-electron chi connectivity index (χ4n) is 2.77. The van der Waals surface area contributed by atoms with Gasteiger partial charge in [-0.15, -0.1) is 0 Å². The second-order valence-corrected chi connectivity index (χ2v) is 7.62. The van der Waals surface area contributed by atoms with Crippen molar-refractivity contribution in [2.75, 3.05) is 19.4 Å². The van der Waals surface area contributed by atoms with E-state index < -0.39 is 4.92 Å². The third-order valence-electron chi connectivity index (χ3n) is 4.18. The van der Waals surface area contributed by atoms with Gasteiger partial charge in [0, 0.05) is 24.4 Å². The van der Waals surface area contributed by atoms with Crippen LogP contribution in [0, 0.1) is 17.0 Å². The molecule has 146 valence electrons. The van der Waals surface area contributed by atoms with Gasteiger partial charge < -0.3 is 4.74 Å². The highest BCUT2D eigenvalue weighted by Crippen LogP contribution is 2.32. The lowest BCUT2D eigenvalue weighted by Gasteiger charge is -2.28. The minimum Gasteiger partial charge on any atom is -0.494 e. The number of hydrogen-bond donors (Lipinski definition) is 0. The van der Waals surface area contributed by atoms with Crippen molar-refractivity contribution < 1.29 is 14.5 Å². The van der Waals surface area contributed by atoms with Gasteiger partial charge in [0.15, 0.2) is 5.17 Å². The first kappa shape index (κ1) is 20.2. The zero-order valence-electron chi connectivity index (χ0n) is 15.3. The molecule has 2 aromatic carbocycles. The molecule has 0 bridgehead atoms. The minimum atomic E-state index is -0.548. The number of carbonyl (C=O) groups excluding carboxylic acids is 1. The molecule has 0 unspecified atom stereocenters. The number of benzene rings is 2. The first-order chi connectivity index (χ1) is 13.4. The average molecular weight is 420 g/mol. The summed E-state index contributed by atoms with van der Waals surface area (Å²) in [6.45, 7) is 2.45. The van der Waals surface area contributed by atoms with E-state index in [0.717, 1.165) is 17.7 Å². The highest BCUT2D eigenvalue weighted by Gasteiger charge is 2.27. The number of hydrogen-bond acceptors (Lipinski definition) is 6. The molecule has 0 radical (unpaired) electrons. The van der Waals surface area contributed by atoms with Crippen LogP contribution in [0.4, 0.5) is 11.4 Å². The second kappa shape index (κ2) is 8.62. The smallest absolute Gasteiger partial charge is 0.270 e. The maximum absolute atomic E-state index is 13.1. The van der Waals surface area contributed by atoms with Crippen molar-refractivity contribution in [3.05, 3.63) is 62.7 Å². The highest BCUT2D eigenvalue weighted by atomic mass is 35.5. The lowest BCUT2D eigenvalue weighted by atomic mass is 10.1. The molecule has 0 atom stereocenters. The van der Waals surface area contributed by atoms with E-state index in [-0.39, 0.29) is 22.2 Å². The standard InChI is InChI=1S/C19H18ClN3O4S/c1-12-4-7-17(27-2)16(10-12)21-19-22(8-3-9-28-19)18(24)14-6-5-13(23(25)26)11-15(14)20/h4-7,10-11H,3,8-9H2,1-2H3. The number of non-ortho nitro benzene ring substituents is 1. The number of amides is 1. The van der Waals surface area contributed by atoms with E-state index in [1.165, 1.54) is 30.0 Å². The molecule has 1 heterocycles. The third kappa shape index (κ3) is 4.28. The minimum absolute atomic E-state index is 0.0438. The van der Waals surface area contributed by atoms with E-state index in [0.29, 0.717) is 23.1 Å². The molecule has 1 aliphatic heterocycles. The maximum atomic E-state index is 13.1. The van der Waals surface area contributed by atoms with Crippen LogP contribution in [0.25, 0.3) is 0 Å². The molecule has 3 rings (SSSR count). The van der Waals surface area contributed by atoms with Gasteiger partial charge in [-0.25, -0.2) is 4.99 Å². The van der Waals surface area contributed by atoms with Crippen molar-refractivity contribution >= 4 is 45.8 Å². The molecule has 28 heavy (non-hydrogen) atoms. The number of carbonyl (C=O) groups is 1. The molecule has 1 saturated heterocycles. The Kier molecular flexibility index (Phi) is 6.21. The Bertz CT molecular complexity index is 964. The van der Waals surface area contributed by atoms with Crippen LogP contribution in [-0.2, 0) is 0 Å². The summed E-state index contributed by atoms with van der Waals surface area (Å²) in [5.41, 5.74) is 1.71. The summed E-state index contributed by atoms with van der Waals surface area (Å²) in [6.07, 6.45) is 0.810. The number of nitro benzene ring substituents is 1. The number of nitro groups is 1. The van der Waals surface area contributed by atoms with Gasteiger partial charge in [-0.3, -0.25) is 19.8 Å². The molecular weight excluding hydrogens is 402 g/mol. The summed E-state index contributed by atoms with van der Waals surface area (Å²) in [5, 5.41) is 11.5. The number of halogens is 1. The molecular formula is C19H18ClN3O4S. The van der Waals surface area contributed by atoms with Crippen molar-refractivity contribution in [2.45, 2.75) is 13.3 Å². The van der Waals surface area contributed by atoms with Crippen molar-refractivity contribution in [3.8, 4) is 5.75 Å². The zero-order valence-corrected chi connectivity index (χ0v) is 16.9. The fourth-order valence-corrected chi connectivity index (χ4v) is 3.97. The van der Waals surface area contributed by atoms with Crippen LogP contribution in [0.5, 0.6) is 5.75 Å². The predicted molar refractivity (Wildman–Crippen MR) is 111 cm³/mol. The third-order valence-corrected chi connectivity index (χ3v) is 5.55. The maximum Gasteiger partial charge on any atom is 0.270 e. The topological polar surface area (TPSA) is 85.0 Å². The van der Waals surface area contributed by atoms with Gasteiger partial charge in [-0.1, -0.05) is 29.4 Å². The van der Waals surface area contributed by atoms with E-state index in [1.807, 2.05) is 25.1 Å². The molecule has 0 spiro atoms. The van der Waals surface area contributed by atoms with E-state index in [9.17, 15) is 14.9 Å². The summed E-state index contributed by atoms with van der Waals surface area (Å²) < 4.78 is 5.37. The Morgan fingerprint density at radius 2 is 2.11 bits per heavy atom. The molecule has 1 fully saturated rings. The van der Waals surface area contributed by atoms with Gasteiger partial charge in [0.05, 0.1) is 22.6 Å². The van der Waals surface area contributed by atoms with Gasteiger partial charge in [0.1, 0.15) is 11.4 Å². The Balaban J connectivity index is 1.97. The molecule has 2 aromatic rings. The molecule has 0 N–H and O–H groups in total. The number of aryl methyl sites for hydroxylation is 1. The lowest BCUT2D eigenvalue weighted by Crippen LogP contribution is -2.39. The summed E-state index contributed by atoms with van der Waals surface area (Å²) in [4.78, 5) is 29.6. The normalized spacial score (nSPS) is 15.5. The van der Waals surface area contributed by atoms with Crippen LogP contribution in [0.15, 0.2) is 41.4 Å². The quantitative estimate of drug-likeness (QED) is 0.523. The number of nitrogens with zero attached hydrogens (tertiary/aromatic N) is 3. The molecule has 0 saturated carbocycles. The van der Waals surface area contributed by atoms with Gasteiger partial charge >= 0.3 is 0 Å². The molecule has 9 heteroatoms. The predicted octanol–water partition coefficient (Wildman–Crippen LogP) is 4.83. The number of thioether (sulfide) groups is 1. The van der Waals surface area contributed by atoms with Crippen LogP contribution in [0.3, 0.4) is 0 Å². The highest BCUT2D eigenvalue weighted by molar-refractivity contribution is 8.13. The van der Waals surface area contributed by atoms with Gasteiger partial charge in [0.2, 0.25) is 0 Å². The van der Waals surface area contributed by atoms with Crippen LogP contribution in [-0.4, -0.2) is 40.3 Å². The first-order valence-electron chi connectivity index (χ1n) is 8.52. The van der Waals surface area contributed by atoms with Crippen LogP contribution >= 0.6 is 23.4 Å². The summed E-state index contributed by atoms with van der Waals surface area (Å²) in [5.74, 6) is 1.12. The van der Waals surface area contributed by atoms with Crippen LogP contribution in [0.1, 0.15) is 22.3 Å². The molecule has 0 aliphatic carbocycles. The number of ether oxygens (including phenoxy) is 1. The van der Waals surface area contributed by atoms with E-state index in [4.69, 9.17) is 16.3 Å². The second-order valence-electron chi connectivity index (χ2n) is 6.15. The number of aliphatic imine (C=N–C) groups is 1. The van der Waals surface area contributed by atoms with E-state index >= 15 is 0 Å². The number of rotatable bonds is 4. The van der Waals surface area contributed by atoms with Gasteiger partial charge in [0.25, 0.3) is 11.6 Å². The first-order valence-corrected chi connectivity index (χ1v) is 9.89. The molecule has 0 aromatic heterocycles. The van der Waals surface area contributed by atoms with Crippen molar-refractivity contribution in [1.82, 2.24) is 4.90 Å². The molecule has 1 amide bonds. The average Bonchev–Trinajstić information content (AvgIpc) is 2.68. The zero-order chi connectivity index (χ0) is 20.3. The summed E-state index contributed by atoms with van der Waals surface area (Å²) in [7, 11) is 1.57. The summed E-state index contributed by atoms with van der Waals surface area (Å²) in [6, 6.07) is 9.50. The molecule has 7 nitrogen and oxygen atoms in total.